The number of benzene rings is 1. The zero-order valence-corrected chi connectivity index (χ0v) is 10.4. The summed E-state index contributed by atoms with van der Waals surface area (Å²) in [6.07, 6.45) is 0.917. The summed E-state index contributed by atoms with van der Waals surface area (Å²) in [4.78, 5) is 0. The van der Waals surface area contributed by atoms with Crippen molar-refractivity contribution < 1.29 is 14.9 Å². The Hall–Kier alpha value is -1.10. The molecule has 0 radical (unpaired) electrons. The number of aliphatic hydroxyl groups is 2. The van der Waals surface area contributed by atoms with Crippen LogP contribution in [0.3, 0.4) is 0 Å². The summed E-state index contributed by atoms with van der Waals surface area (Å²) in [5.74, 6) is 0.900. The van der Waals surface area contributed by atoms with Crippen LogP contribution in [0.2, 0.25) is 0 Å². The number of ether oxygens (including phenoxy) is 1. The van der Waals surface area contributed by atoms with Crippen LogP contribution in [0.4, 0.5) is 0 Å². The molecule has 0 amide bonds. The van der Waals surface area contributed by atoms with Crippen molar-refractivity contribution in [3.05, 3.63) is 29.3 Å². The first-order chi connectivity index (χ1) is 8.24. The Morgan fingerprint density at radius 3 is 2.53 bits per heavy atom. The van der Waals surface area contributed by atoms with Crippen LogP contribution in [0.1, 0.15) is 18.1 Å². The molecule has 0 aliphatic carbocycles. The fourth-order valence-electron chi connectivity index (χ4n) is 1.67. The van der Waals surface area contributed by atoms with Crippen molar-refractivity contribution in [3.8, 4) is 5.75 Å². The minimum absolute atomic E-state index is 0.0622. The summed E-state index contributed by atoms with van der Waals surface area (Å²) in [6, 6.07) is 5.75. The van der Waals surface area contributed by atoms with Gasteiger partial charge in [-0.25, -0.2) is 0 Å². The van der Waals surface area contributed by atoms with Gasteiger partial charge in [-0.2, -0.15) is 0 Å². The number of rotatable bonds is 7. The first-order valence-corrected chi connectivity index (χ1v) is 5.86. The van der Waals surface area contributed by atoms with E-state index in [1.165, 1.54) is 0 Å². The highest BCUT2D eigenvalue weighted by molar-refractivity contribution is 5.37. The van der Waals surface area contributed by atoms with Gasteiger partial charge in [0.2, 0.25) is 0 Å². The Labute approximate surface area is 102 Å². The molecule has 0 saturated carbocycles. The van der Waals surface area contributed by atoms with Crippen molar-refractivity contribution in [2.75, 3.05) is 20.3 Å². The van der Waals surface area contributed by atoms with E-state index in [0.29, 0.717) is 6.54 Å². The van der Waals surface area contributed by atoms with Gasteiger partial charge in [0.25, 0.3) is 0 Å². The normalized spacial score (nSPS) is 10.9. The van der Waals surface area contributed by atoms with Crippen molar-refractivity contribution in [3.63, 3.8) is 0 Å². The second-order valence-electron chi connectivity index (χ2n) is 3.94. The molecule has 0 fully saturated rings. The average molecular weight is 239 g/mol. The summed E-state index contributed by atoms with van der Waals surface area (Å²) in [5, 5.41) is 21.0. The molecule has 0 heterocycles. The summed E-state index contributed by atoms with van der Waals surface area (Å²) in [6.45, 7) is 2.59. The first-order valence-electron chi connectivity index (χ1n) is 5.86. The second kappa shape index (κ2) is 7.27. The standard InChI is InChI=1S/C13H21NO3/c1-3-11-6-10(4-5-13(11)17-2)7-14-12(8-15)9-16/h4-6,12,14-16H,3,7-9H2,1-2H3. The average Bonchev–Trinajstić information content (AvgIpc) is 2.39. The maximum Gasteiger partial charge on any atom is 0.122 e. The van der Waals surface area contributed by atoms with Gasteiger partial charge in [0.15, 0.2) is 0 Å². The topological polar surface area (TPSA) is 61.7 Å². The molecular weight excluding hydrogens is 218 g/mol. The molecule has 4 nitrogen and oxygen atoms in total. The zero-order chi connectivity index (χ0) is 12.7. The molecule has 0 aliphatic heterocycles. The van der Waals surface area contributed by atoms with Crippen LogP contribution in [0.25, 0.3) is 0 Å². The SMILES string of the molecule is CCc1cc(CNC(CO)CO)ccc1OC. The van der Waals surface area contributed by atoms with Gasteiger partial charge in [0, 0.05) is 6.54 Å². The van der Waals surface area contributed by atoms with Crippen LogP contribution in [0.15, 0.2) is 18.2 Å². The van der Waals surface area contributed by atoms with Crippen LogP contribution in [0, 0.1) is 0 Å². The van der Waals surface area contributed by atoms with Gasteiger partial charge in [-0.3, -0.25) is 0 Å². The third-order valence-electron chi connectivity index (χ3n) is 2.76. The quantitative estimate of drug-likeness (QED) is 0.655. The number of aliphatic hydroxyl groups excluding tert-OH is 2. The summed E-state index contributed by atoms with van der Waals surface area (Å²) < 4.78 is 5.26. The van der Waals surface area contributed by atoms with Crippen LogP contribution < -0.4 is 10.1 Å². The van der Waals surface area contributed by atoms with E-state index in [0.717, 1.165) is 23.3 Å². The van der Waals surface area contributed by atoms with Gasteiger partial charge in [-0.15, -0.1) is 0 Å². The van der Waals surface area contributed by atoms with Crippen molar-refractivity contribution >= 4 is 0 Å². The van der Waals surface area contributed by atoms with E-state index in [-0.39, 0.29) is 19.3 Å². The van der Waals surface area contributed by atoms with Gasteiger partial charge in [0.05, 0.1) is 26.4 Å². The van der Waals surface area contributed by atoms with E-state index in [2.05, 4.69) is 18.3 Å². The zero-order valence-electron chi connectivity index (χ0n) is 10.4. The lowest BCUT2D eigenvalue weighted by molar-refractivity contribution is 0.170. The molecule has 3 N–H and O–H groups in total. The van der Waals surface area contributed by atoms with Gasteiger partial charge in [0.1, 0.15) is 5.75 Å². The predicted octanol–water partition coefficient (Wildman–Crippen LogP) is 0.700. The van der Waals surface area contributed by atoms with Crippen LogP contribution in [-0.2, 0) is 13.0 Å². The van der Waals surface area contributed by atoms with Crippen molar-refractivity contribution in [1.29, 1.82) is 0 Å². The van der Waals surface area contributed by atoms with E-state index < -0.39 is 0 Å². The Kier molecular flexibility index (Phi) is 5.97. The molecule has 1 rings (SSSR count). The minimum atomic E-state index is -0.262. The van der Waals surface area contributed by atoms with Gasteiger partial charge < -0.3 is 20.3 Å². The number of hydrogen-bond acceptors (Lipinski definition) is 4. The van der Waals surface area contributed by atoms with Crippen molar-refractivity contribution in [2.45, 2.75) is 25.9 Å². The van der Waals surface area contributed by atoms with E-state index in [9.17, 15) is 0 Å². The molecule has 1 aromatic rings. The Morgan fingerprint density at radius 2 is 2.00 bits per heavy atom. The van der Waals surface area contributed by atoms with Crippen LogP contribution in [-0.4, -0.2) is 36.6 Å². The van der Waals surface area contributed by atoms with Crippen LogP contribution in [0.5, 0.6) is 5.75 Å². The van der Waals surface area contributed by atoms with Gasteiger partial charge in [-0.05, 0) is 23.6 Å². The summed E-state index contributed by atoms with van der Waals surface area (Å²) in [7, 11) is 1.67. The molecule has 0 unspecified atom stereocenters. The lowest BCUT2D eigenvalue weighted by atomic mass is 10.1. The maximum atomic E-state index is 8.94. The van der Waals surface area contributed by atoms with Gasteiger partial charge >= 0.3 is 0 Å². The smallest absolute Gasteiger partial charge is 0.122 e. The molecule has 96 valence electrons. The van der Waals surface area contributed by atoms with E-state index in [4.69, 9.17) is 14.9 Å². The molecule has 0 atom stereocenters. The van der Waals surface area contributed by atoms with Crippen molar-refractivity contribution in [1.82, 2.24) is 5.32 Å². The fourth-order valence-corrected chi connectivity index (χ4v) is 1.67. The Morgan fingerprint density at radius 1 is 1.29 bits per heavy atom. The number of hydrogen-bond donors (Lipinski definition) is 3. The lowest BCUT2D eigenvalue weighted by Crippen LogP contribution is -2.35. The molecule has 17 heavy (non-hydrogen) atoms. The highest BCUT2D eigenvalue weighted by Gasteiger charge is 2.06. The number of aryl methyl sites for hydroxylation is 1. The van der Waals surface area contributed by atoms with Crippen LogP contribution >= 0.6 is 0 Å². The third kappa shape index (κ3) is 4.00. The molecular formula is C13H21NO3. The molecule has 0 spiro atoms. The second-order valence-corrected chi connectivity index (χ2v) is 3.94. The predicted molar refractivity (Wildman–Crippen MR) is 67.2 cm³/mol. The Bertz CT molecular complexity index is 337. The van der Waals surface area contributed by atoms with E-state index in [1.807, 2.05) is 12.1 Å². The summed E-state index contributed by atoms with van der Waals surface area (Å²) in [5.41, 5.74) is 2.28. The molecule has 1 aromatic carbocycles. The van der Waals surface area contributed by atoms with Gasteiger partial charge in [-0.1, -0.05) is 19.1 Å². The summed E-state index contributed by atoms with van der Waals surface area (Å²) >= 11 is 0. The molecule has 0 bridgehead atoms. The number of nitrogens with one attached hydrogen (secondary N) is 1. The number of methoxy groups -OCH3 is 1. The van der Waals surface area contributed by atoms with Crippen molar-refractivity contribution in [2.24, 2.45) is 0 Å². The monoisotopic (exact) mass is 239 g/mol. The molecule has 4 heteroatoms. The first kappa shape index (κ1) is 14.0. The molecule has 0 aromatic heterocycles. The highest BCUT2D eigenvalue weighted by Crippen LogP contribution is 2.20. The highest BCUT2D eigenvalue weighted by atomic mass is 16.5. The fraction of sp³-hybridized carbons (Fsp3) is 0.538. The maximum absolute atomic E-state index is 8.94. The minimum Gasteiger partial charge on any atom is -0.496 e. The molecule has 0 aliphatic rings. The van der Waals surface area contributed by atoms with E-state index in [1.54, 1.807) is 7.11 Å². The third-order valence-corrected chi connectivity index (χ3v) is 2.76. The lowest BCUT2D eigenvalue weighted by Gasteiger charge is -2.14. The van der Waals surface area contributed by atoms with E-state index >= 15 is 0 Å². The largest absolute Gasteiger partial charge is 0.496 e. The Balaban J connectivity index is 2.66. The molecule has 0 saturated heterocycles.